The van der Waals surface area contributed by atoms with Crippen molar-refractivity contribution in [2.45, 2.75) is 38.8 Å². The summed E-state index contributed by atoms with van der Waals surface area (Å²) >= 11 is 1.63. The monoisotopic (exact) mass is 274 g/mol. The predicted octanol–water partition coefficient (Wildman–Crippen LogP) is 1.68. The Hall–Kier alpha value is -0.460. The molecule has 2 heterocycles. The summed E-state index contributed by atoms with van der Waals surface area (Å²) in [5.41, 5.74) is 1.01. The average molecular weight is 274 g/mol. The van der Waals surface area contributed by atoms with Crippen molar-refractivity contribution in [1.29, 1.82) is 0 Å². The van der Waals surface area contributed by atoms with E-state index in [9.17, 15) is 8.42 Å². The second kappa shape index (κ2) is 5.04. The zero-order valence-corrected chi connectivity index (χ0v) is 11.8. The summed E-state index contributed by atoms with van der Waals surface area (Å²) in [7, 11) is -2.83. The van der Waals surface area contributed by atoms with Gasteiger partial charge in [-0.1, -0.05) is 0 Å². The van der Waals surface area contributed by atoms with Crippen molar-refractivity contribution in [3.8, 4) is 0 Å². The van der Waals surface area contributed by atoms with E-state index in [1.807, 2.05) is 19.2 Å². The van der Waals surface area contributed by atoms with Crippen molar-refractivity contribution < 1.29 is 8.42 Å². The number of aromatic nitrogens is 1. The van der Waals surface area contributed by atoms with Gasteiger partial charge in [0.1, 0.15) is 0 Å². The first kappa shape index (κ1) is 13.0. The van der Waals surface area contributed by atoms with E-state index in [2.05, 4.69) is 10.3 Å². The molecule has 2 unspecified atom stereocenters. The van der Waals surface area contributed by atoms with Crippen LogP contribution in [0.5, 0.6) is 0 Å². The lowest BCUT2D eigenvalue weighted by Gasteiger charge is -2.25. The zero-order valence-electron chi connectivity index (χ0n) is 10.1. The van der Waals surface area contributed by atoms with Gasteiger partial charge in [-0.2, -0.15) is 0 Å². The van der Waals surface area contributed by atoms with Gasteiger partial charge in [-0.15, -0.1) is 11.3 Å². The number of hydrogen-bond acceptors (Lipinski definition) is 5. The Morgan fingerprint density at radius 1 is 1.59 bits per heavy atom. The van der Waals surface area contributed by atoms with Crippen molar-refractivity contribution in [3.05, 3.63) is 16.1 Å². The van der Waals surface area contributed by atoms with Gasteiger partial charge in [-0.3, -0.25) is 0 Å². The lowest BCUT2D eigenvalue weighted by atomic mass is 10.1. The molecule has 0 saturated carbocycles. The smallest absolute Gasteiger partial charge is 0.151 e. The molecule has 0 amide bonds. The Morgan fingerprint density at radius 3 is 2.94 bits per heavy atom. The van der Waals surface area contributed by atoms with Gasteiger partial charge in [0.15, 0.2) is 9.84 Å². The molecule has 1 aromatic heterocycles. The molecule has 4 nitrogen and oxygen atoms in total. The Kier molecular flexibility index (Phi) is 3.85. The van der Waals surface area contributed by atoms with Crippen LogP contribution in [0, 0.1) is 6.92 Å². The highest BCUT2D eigenvalue weighted by atomic mass is 32.2. The molecule has 1 aliphatic rings. The molecule has 1 aliphatic heterocycles. The van der Waals surface area contributed by atoms with Crippen LogP contribution in [0.4, 0.5) is 0 Å². The van der Waals surface area contributed by atoms with E-state index in [1.165, 1.54) is 0 Å². The minimum atomic E-state index is -2.83. The largest absolute Gasteiger partial charge is 0.305 e. The van der Waals surface area contributed by atoms with Crippen LogP contribution in [-0.2, 0) is 9.84 Å². The van der Waals surface area contributed by atoms with Crippen LogP contribution in [0.1, 0.15) is 36.5 Å². The quantitative estimate of drug-likeness (QED) is 0.911. The van der Waals surface area contributed by atoms with Crippen molar-refractivity contribution >= 4 is 21.2 Å². The third-order valence-corrected chi connectivity index (χ3v) is 5.64. The maximum atomic E-state index is 11.5. The number of sulfone groups is 1. The van der Waals surface area contributed by atoms with Gasteiger partial charge in [-0.25, -0.2) is 13.4 Å². The molecule has 0 aliphatic carbocycles. The van der Waals surface area contributed by atoms with Crippen LogP contribution in [-0.4, -0.2) is 30.9 Å². The summed E-state index contributed by atoms with van der Waals surface area (Å²) in [4.78, 5) is 4.42. The molecule has 0 spiro atoms. The molecule has 1 saturated heterocycles. The normalized spacial score (nSPS) is 25.6. The van der Waals surface area contributed by atoms with Crippen LogP contribution >= 0.6 is 11.3 Å². The van der Waals surface area contributed by atoms with Gasteiger partial charge in [0.05, 0.1) is 22.2 Å². The molecule has 0 radical (unpaired) electrons. The Bertz CT molecular complexity index is 481. The highest BCUT2D eigenvalue weighted by Gasteiger charge is 2.26. The molecular weight excluding hydrogens is 256 g/mol. The van der Waals surface area contributed by atoms with Crippen molar-refractivity contribution in [2.75, 3.05) is 11.5 Å². The Labute approximate surface area is 106 Å². The number of thiazole rings is 1. The van der Waals surface area contributed by atoms with E-state index in [-0.39, 0.29) is 17.8 Å². The van der Waals surface area contributed by atoms with Gasteiger partial charge in [0, 0.05) is 17.5 Å². The highest BCUT2D eigenvalue weighted by Crippen LogP contribution is 2.19. The SMILES string of the molecule is Cc1nc(C(C)NC2CCCS(=O)(=O)C2)cs1. The van der Waals surface area contributed by atoms with E-state index < -0.39 is 9.84 Å². The van der Waals surface area contributed by atoms with Gasteiger partial charge in [0.25, 0.3) is 0 Å². The summed E-state index contributed by atoms with van der Waals surface area (Å²) in [6.07, 6.45) is 1.70. The highest BCUT2D eigenvalue weighted by molar-refractivity contribution is 7.91. The van der Waals surface area contributed by atoms with Gasteiger partial charge in [-0.05, 0) is 26.7 Å². The molecule has 1 fully saturated rings. The fourth-order valence-electron chi connectivity index (χ4n) is 2.17. The van der Waals surface area contributed by atoms with Crippen LogP contribution in [0.2, 0.25) is 0 Å². The summed E-state index contributed by atoms with van der Waals surface area (Å²) in [5.74, 6) is 0.607. The Morgan fingerprint density at radius 2 is 2.35 bits per heavy atom. The second-order valence-corrected chi connectivity index (χ2v) is 7.92. The topological polar surface area (TPSA) is 59.1 Å². The molecule has 2 rings (SSSR count). The first-order valence-electron chi connectivity index (χ1n) is 5.85. The standard InChI is InChI=1S/C11H18N2O2S2/c1-8(11-6-16-9(2)13-11)12-10-4-3-5-17(14,15)7-10/h6,8,10,12H,3-5,7H2,1-2H3. The number of rotatable bonds is 3. The second-order valence-electron chi connectivity index (χ2n) is 4.63. The number of hydrogen-bond donors (Lipinski definition) is 1. The minimum absolute atomic E-state index is 0.0748. The third kappa shape index (κ3) is 3.50. The zero-order chi connectivity index (χ0) is 12.5. The molecule has 1 aromatic rings. The van der Waals surface area contributed by atoms with E-state index >= 15 is 0 Å². The number of nitrogens with zero attached hydrogens (tertiary/aromatic N) is 1. The molecule has 2 atom stereocenters. The molecule has 1 N–H and O–H groups in total. The lowest BCUT2D eigenvalue weighted by molar-refractivity contribution is 0.433. The minimum Gasteiger partial charge on any atom is -0.305 e. The molecular formula is C11H18N2O2S2. The van der Waals surface area contributed by atoms with Crippen LogP contribution in [0.15, 0.2) is 5.38 Å². The maximum Gasteiger partial charge on any atom is 0.151 e. The maximum absolute atomic E-state index is 11.5. The van der Waals surface area contributed by atoms with Gasteiger partial charge < -0.3 is 5.32 Å². The van der Waals surface area contributed by atoms with Gasteiger partial charge >= 0.3 is 0 Å². The first-order valence-corrected chi connectivity index (χ1v) is 8.55. The number of aryl methyl sites for hydroxylation is 1. The first-order chi connectivity index (χ1) is 7.96. The van der Waals surface area contributed by atoms with E-state index in [1.54, 1.807) is 11.3 Å². The van der Waals surface area contributed by atoms with E-state index in [0.29, 0.717) is 5.75 Å². The Balaban J connectivity index is 1.97. The van der Waals surface area contributed by atoms with Crippen LogP contribution in [0.25, 0.3) is 0 Å². The number of nitrogens with one attached hydrogen (secondary N) is 1. The molecule has 96 valence electrons. The van der Waals surface area contributed by atoms with Gasteiger partial charge in [0.2, 0.25) is 0 Å². The molecule has 0 aromatic carbocycles. The van der Waals surface area contributed by atoms with Crippen LogP contribution < -0.4 is 5.32 Å². The van der Waals surface area contributed by atoms with Crippen molar-refractivity contribution in [2.24, 2.45) is 0 Å². The lowest BCUT2D eigenvalue weighted by Crippen LogP contribution is -2.41. The summed E-state index contributed by atoms with van der Waals surface area (Å²) in [6, 6.07) is 0.198. The predicted molar refractivity (Wildman–Crippen MR) is 70.1 cm³/mol. The fraction of sp³-hybridized carbons (Fsp3) is 0.727. The van der Waals surface area contributed by atoms with Crippen molar-refractivity contribution in [3.63, 3.8) is 0 Å². The fourth-order valence-corrected chi connectivity index (χ4v) is 4.53. The average Bonchev–Trinajstić information content (AvgIpc) is 2.63. The van der Waals surface area contributed by atoms with E-state index in [4.69, 9.17) is 0 Å². The summed E-state index contributed by atoms with van der Waals surface area (Å²) < 4.78 is 23.1. The van der Waals surface area contributed by atoms with E-state index in [0.717, 1.165) is 23.5 Å². The molecule has 0 bridgehead atoms. The van der Waals surface area contributed by atoms with Crippen molar-refractivity contribution in [1.82, 2.24) is 10.3 Å². The third-order valence-electron chi connectivity index (χ3n) is 3.03. The van der Waals surface area contributed by atoms with Crippen LogP contribution in [0.3, 0.4) is 0 Å². The summed E-state index contributed by atoms with van der Waals surface area (Å²) in [6.45, 7) is 4.02. The molecule has 17 heavy (non-hydrogen) atoms. The molecule has 6 heteroatoms. The summed E-state index contributed by atoms with van der Waals surface area (Å²) in [5, 5.41) is 6.45.